The highest BCUT2D eigenvalue weighted by molar-refractivity contribution is 6.30. The number of aryl methyl sites for hydroxylation is 1. The second-order valence-corrected chi connectivity index (χ2v) is 3.73. The average molecular weight is 235 g/mol. The lowest BCUT2D eigenvalue weighted by molar-refractivity contribution is 0.913. The summed E-state index contributed by atoms with van der Waals surface area (Å²) in [5, 5.41) is 0.648. The van der Waals surface area contributed by atoms with Crippen molar-refractivity contribution in [2.45, 2.75) is 13.3 Å². The Kier molecular flexibility index (Phi) is 3.01. The molecule has 82 valence electrons. The van der Waals surface area contributed by atoms with Crippen LogP contribution in [0.2, 0.25) is 5.02 Å². The highest BCUT2D eigenvalue weighted by atomic mass is 35.5. The van der Waals surface area contributed by atoms with Crippen LogP contribution in [0, 0.1) is 0 Å². The number of nitrogen functional groups attached to an aromatic ring is 1. The molecular weight excluding hydrogens is 224 g/mol. The molecule has 2 aromatic rings. The molecule has 1 aromatic carbocycles. The zero-order valence-electron chi connectivity index (χ0n) is 8.81. The molecule has 2 N–H and O–H groups in total. The third-order valence-corrected chi connectivity index (χ3v) is 2.33. The first-order valence-electron chi connectivity index (χ1n) is 4.95. The van der Waals surface area contributed by atoms with E-state index in [1.807, 2.05) is 19.1 Å². The van der Waals surface area contributed by atoms with Gasteiger partial charge in [0.15, 0.2) is 5.82 Å². The number of hydrogen-bond donors (Lipinski definition) is 1. The fraction of sp³-hybridized carbons (Fsp3) is 0.182. The highest BCUT2D eigenvalue weighted by Crippen LogP contribution is 2.19. The molecule has 2 rings (SSSR count). The van der Waals surface area contributed by atoms with Gasteiger partial charge in [-0.2, -0.15) is 9.97 Å². The maximum Gasteiger partial charge on any atom is 0.223 e. The zero-order chi connectivity index (χ0) is 11.5. The second kappa shape index (κ2) is 4.45. The maximum absolute atomic E-state index is 5.91. The molecule has 5 heteroatoms. The van der Waals surface area contributed by atoms with E-state index in [1.54, 1.807) is 12.1 Å². The molecule has 16 heavy (non-hydrogen) atoms. The van der Waals surface area contributed by atoms with Crippen molar-refractivity contribution in [1.29, 1.82) is 0 Å². The fourth-order valence-electron chi connectivity index (χ4n) is 1.35. The van der Waals surface area contributed by atoms with E-state index in [2.05, 4.69) is 15.0 Å². The van der Waals surface area contributed by atoms with Crippen LogP contribution in [-0.4, -0.2) is 15.0 Å². The number of nitrogens with two attached hydrogens (primary N) is 1. The normalized spacial score (nSPS) is 10.4. The molecule has 0 amide bonds. The van der Waals surface area contributed by atoms with E-state index in [0.29, 0.717) is 16.7 Å². The van der Waals surface area contributed by atoms with Gasteiger partial charge in [0, 0.05) is 17.0 Å². The van der Waals surface area contributed by atoms with Crippen LogP contribution in [0.1, 0.15) is 12.7 Å². The number of anilines is 1. The minimum Gasteiger partial charge on any atom is -0.368 e. The van der Waals surface area contributed by atoms with Crippen LogP contribution in [0.3, 0.4) is 0 Å². The molecule has 0 spiro atoms. The monoisotopic (exact) mass is 234 g/mol. The van der Waals surface area contributed by atoms with E-state index >= 15 is 0 Å². The predicted molar refractivity (Wildman–Crippen MR) is 64.1 cm³/mol. The van der Waals surface area contributed by atoms with Crippen molar-refractivity contribution in [3.8, 4) is 11.4 Å². The van der Waals surface area contributed by atoms with Crippen molar-refractivity contribution in [2.24, 2.45) is 0 Å². The van der Waals surface area contributed by atoms with Crippen molar-refractivity contribution in [2.75, 3.05) is 5.73 Å². The van der Waals surface area contributed by atoms with Gasteiger partial charge in [-0.3, -0.25) is 0 Å². The van der Waals surface area contributed by atoms with Gasteiger partial charge in [0.1, 0.15) is 5.82 Å². The molecule has 0 bridgehead atoms. The summed E-state index contributed by atoms with van der Waals surface area (Å²) in [5.41, 5.74) is 6.46. The Balaban J connectivity index is 2.51. The SMILES string of the molecule is CCc1nc(N)nc(-c2cccc(Cl)c2)n1. The van der Waals surface area contributed by atoms with E-state index in [-0.39, 0.29) is 5.95 Å². The summed E-state index contributed by atoms with van der Waals surface area (Å²) >= 11 is 5.91. The van der Waals surface area contributed by atoms with Crippen LogP contribution in [0.5, 0.6) is 0 Å². The summed E-state index contributed by atoms with van der Waals surface area (Å²) in [6.07, 6.45) is 0.723. The van der Waals surface area contributed by atoms with E-state index in [1.165, 1.54) is 0 Å². The molecule has 0 atom stereocenters. The third-order valence-electron chi connectivity index (χ3n) is 2.10. The molecule has 1 heterocycles. The molecule has 4 nitrogen and oxygen atoms in total. The molecule has 1 aromatic heterocycles. The van der Waals surface area contributed by atoms with Gasteiger partial charge in [-0.1, -0.05) is 30.7 Å². The Morgan fingerprint density at radius 1 is 1.25 bits per heavy atom. The summed E-state index contributed by atoms with van der Waals surface area (Å²) in [6, 6.07) is 7.34. The number of hydrogen-bond acceptors (Lipinski definition) is 4. The maximum atomic E-state index is 5.91. The summed E-state index contributed by atoms with van der Waals surface area (Å²) in [7, 11) is 0. The standard InChI is InChI=1S/C11H11ClN4/c1-2-9-14-10(16-11(13)15-9)7-4-3-5-8(12)6-7/h3-6H,2H2,1H3,(H2,13,14,15,16). The van der Waals surface area contributed by atoms with Gasteiger partial charge in [-0.05, 0) is 12.1 Å². The smallest absolute Gasteiger partial charge is 0.223 e. The van der Waals surface area contributed by atoms with E-state index < -0.39 is 0 Å². The molecule has 0 unspecified atom stereocenters. The lowest BCUT2D eigenvalue weighted by atomic mass is 10.2. The first-order chi connectivity index (χ1) is 7.69. The average Bonchev–Trinajstić information content (AvgIpc) is 2.28. The number of aromatic nitrogens is 3. The zero-order valence-corrected chi connectivity index (χ0v) is 9.57. The van der Waals surface area contributed by atoms with Crippen LogP contribution in [-0.2, 0) is 6.42 Å². The van der Waals surface area contributed by atoms with Gasteiger partial charge in [-0.25, -0.2) is 4.98 Å². The van der Waals surface area contributed by atoms with Crippen LogP contribution in [0.15, 0.2) is 24.3 Å². The molecule has 0 aliphatic carbocycles. The van der Waals surface area contributed by atoms with Crippen LogP contribution < -0.4 is 5.73 Å². The van der Waals surface area contributed by atoms with Crippen molar-refractivity contribution < 1.29 is 0 Å². The summed E-state index contributed by atoms with van der Waals surface area (Å²) in [4.78, 5) is 12.4. The number of halogens is 1. The quantitative estimate of drug-likeness (QED) is 0.866. The van der Waals surface area contributed by atoms with E-state index in [4.69, 9.17) is 17.3 Å². The fourth-order valence-corrected chi connectivity index (χ4v) is 1.54. The van der Waals surface area contributed by atoms with Crippen molar-refractivity contribution in [3.05, 3.63) is 35.1 Å². The minimum atomic E-state index is 0.238. The second-order valence-electron chi connectivity index (χ2n) is 3.30. The van der Waals surface area contributed by atoms with Gasteiger partial charge < -0.3 is 5.73 Å². The predicted octanol–water partition coefficient (Wildman–Crippen LogP) is 2.34. The molecule has 0 saturated carbocycles. The van der Waals surface area contributed by atoms with Crippen molar-refractivity contribution in [3.63, 3.8) is 0 Å². The first kappa shape index (κ1) is 10.8. The first-order valence-corrected chi connectivity index (χ1v) is 5.33. The largest absolute Gasteiger partial charge is 0.368 e. The molecule has 0 aliphatic rings. The Bertz CT molecular complexity index is 513. The summed E-state index contributed by atoms with van der Waals surface area (Å²) < 4.78 is 0. The lowest BCUT2D eigenvalue weighted by Gasteiger charge is -2.03. The number of benzene rings is 1. The molecule has 0 saturated heterocycles. The van der Waals surface area contributed by atoms with Gasteiger partial charge >= 0.3 is 0 Å². The van der Waals surface area contributed by atoms with Gasteiger partial charge in [0.05, 0.1) is 0 Å². The number of nitrogens with zero attached hydrogens (tertiary/aromatic N) is 3. The summed E-state index contributed by atoms with van der Waals surface area (Å²) in [6.45, 7) is 1.97. The van der Waals surface area contributed by atoms with Crippen LogP contribution in [0.4, 0.5) is 5.95 Å². The van der Waals surface area contributed by atoms with Crippen LogP contribution in [0.25, 0.3) is 11.4 Å². The Morgan fingerprint density at radius 2 is 2.06 bits per heavy atom. The Labute approximate surface area is 98.5 Å². The van der Waals surface area contributed by atoms with Crippen LogP contribution >= 0.6 is 11.6 Å². The molecule has 0 radical (unpaired) electrons. The Morgan fingerprint density at radius 3 is 2.75 bits per heavy atom. The Hall–Kier alpha value is -1.68. The molecule has 0 fully saturated rings. The molecule has 0 aliphatic heterocycles. The number of rotatable bonds is 2. The van der Waals surface area contributed by atoms with Crippen molar-refractivity contribution in [1.82, 2.24) is 15.0 Å². The topological polar surface area (TPSA) is 64.7 Å². The van der Waals surface area contributed by atoms with E-state index in [9.17, 15) is 0 Å². The van der Waals surface area contributed by atoms with Gasteiger partial charge in [0.2, 0.25) is 5.95 Å². The minimum absolute atomic E-state index is 0.238. The molecular formula is C11H11ClN4. The van der Waals surface area contributed by atoms with Gasteiger partial charge in [-0.15, -0.1) is 0 Å². The van der Waals surface area contributed by atoms with Crippen molar-refractivity contribution >= 4 is 17.5 Å². The highest BCUT2D eigenvalue weighted by Gasteiger charge is 2.05. The third kappa shape index (κ3) is 2.28. The van der Waals surface area contributed by atoms with Gasteiger partial charge in [0.25, 0.3) is 0 Å². The lowest BCUT2D eigenvalue weighted by Crippen LogP contribution is -2.04. The van der Waals surface area contributed by atoms with E-state index in [0.717, 1.165) is 12.0 Å². The summed E-state index contributed by atoms with van der Waals surface area (Å²) in [5.74, 6) is 1.48.